The van der Waals surface area contributed by atoms with E-state index in [1.165, 1.54) is 28.9 Å². The molecule has 3 heterocycles. The Morgan fingerprint density at radius 1 is 1.28 bits per heavy atom. The summed E-state index contributed by atoms with van der Waals surface area (Å²) in [7, 11) is 3.11. The molecule has 4 rings (SSSR count). The first-order valence-corrected chi connectivity index (χ1v) is 11.8. The molecular weight excluding hydrogens is 482 g/mol. The van der Waals surface area contributed by atoms with Gasteiger partial charge in [0, 0.05) is 7.05 Å². The molecule has 2 N–H and O–H groups in total. The van der Waals surface area contributed by atoms with Crippen molar-refractivity contribution in [1.29, 1.82) is 5.26 Å². The van der Waals surface area contributed by atoms with Gasteiger partial charge in [0.25, 0.3) is 11.5 Å². The van der Waals surface area contributed by atoms with Gasteiger partial charge in [-0.2, -0.15) is 10.4 Å². The van der Waals surface area contributed by atoms with E-state index < -0.39 is 23.4 Å². The highest BCUT2D eigenvalue weighted by molar-refractivity contribution is 7.20. The molecule has 0 saturated carbocycles. The van der Waals surface area contributed by atoms with Crippen molar-refractivity contribution >= 4 is 44.9 Å². The van der Waals surface area contributed by atoms with Crippen LogP contribution in [-0.4, -0.2) is 38.3 Å². The monoisotopic (exact) mass is 505 g/mol. The van der Waals surface area contributed by atoms with Gasteiger partial charge in [0.2, 0.25) is 5.91 Å². The quantitative estimate of drug-likeness (QED) is 0.392. The van der Waals surface area contributed by atoms with Crippen LogP contribution in [0.1, 0.15) is 40.2 Å². The molecule has 1 atom stereocenters. The number of carbonyl (C=O) groups excluding carboxylic acids is 2. The van der Waals surface area contributed by atoms with Gasteiger partial charge in [0.1, 0.15) is 34.1 Å². The number of amides is 2. The zero-order chi connectivity index (χ0) is 26.0. The number of rotatable bonds is 7. The Kier molecular flexibility index (Phi) is 6.84. The van der Waals surface area contributed by atoms with Crippen LogP contribution >= 0.6 is 11.3 Å². The third kappa shape index (κ3) is 4.32. The smallest absolute Gasteiger partial charge is 0.266 e. The molecule has 0 spiro atoms. The maximum Gasteiger partial charge on any atom is 0.266 e. The minimum atomic E-state index is -0.888. The lowest BCUT2D eigenvalue weighted by molar-refractivity contribution is -0.119. The van der Waals surface area contributed by atoms with E-state index >= 15 is 0 Å². The van der Waals surface area contributed by atoms with Gasteiger partial charge in [-0.3, -0.25) is 23.6 Å². The lowest BCUT2D eigenvalue weighted by Gasteiger charge is -2.17. The summed E-state index contributed by atoms with van der Waals surface area (Å²) < 4.78 is 7.92. The summed E-state index contributed by atoms with van der Waals surface area (Å²) in [5, 5.41) is 19.0. The van der Waals surface area contributed by atoms with Crippen molar-refractivity contribution in [2.75, 3.05) is 17.7 Å². The van der Waals surface area contributed by atoms with Crippen LogP contribution in [0.2, 0.25) is 0 Å². The summed E-state index contributed by atoms with van der Waals surface area (Å²) in [4.78, 5) is 44.7. The molecule has 0 aliphatic rings. The maximum absolute atomic E-state index is 13.5. The van der Waals surface area contributed by atoms with Gasteiger partial charge in [-0.05, 0) is 31.0 Å². The second-order valence-electron chi connectivity index (χ2n) is 7.90. The Balaban J connectivity index is 1.68. The average molecular weight is 506 g/mol. The van der Waals surface area contributed by atoms with Crippen molar-refractivity contribution < 1.29 is 14.3 Å². The summed E-state index contributed by atoms with van der Waals surface area (Å²) in [6, 6.07) is 8.10. The van der Waals surface area contributed by atoms with E-state index in [1.54, 1.807) is 45.2 Å². The van der Waals surface area contributed by atoms with Crippen LogP contribution in [0.3, 0.4) is 0 Å². The second-order valence-corrected chi connectivity index (χ2v) is 8.90. The minimum absolute atomic E-state index is 0.209. The summed E-state index contributed by atoms with van der Waals surface area (Å²) in [6.45, 7) is 3.45. The Labute approximate surface area is 209 Å². The van der Waals surface area contributed by atoms with Crippen molar-refractivity contribution in [1.82, 2.24) is 19.3 Å². The van der Waals surface area contributed by atoms with Crippen molar-refractivity contribution in [3.8, 4) is 11.8 Å². The van der Waals surface area contributed by atoms with Crippen molar-refractivity contribution in [3.05, 3.63) is 63.1 Å². The van der Waals surface area contributed by atoms with Gasteiger partial charge in [-0.15, -0.1) is 11.3 Å². The highest BCUT2D eigenvalue weighted by Crippen LogP contribution is 2.30. The first-order chi connectivity index (χ1) is 17.3. The molecule has 0 radical (unpaired) electrons. The summed E-state index contributed by atoms with van der Waals surface area (Å²) in [6.07, 6.45) is 2.95. The third-order valence-corrected chi connectivity index (χ3v) is 6.96. The topological polar surface area (TPSA) is 144 Å². The Morgan fingerprint density at radius 3 is 2.72 bits per heavy atom. The highest BCUT2D eigenvalue weighted by atomic mass is 32.1. The van der Waals surface area contributed by atoms with Crippen LogP contribution in [0.15, 0.2) is 41.6 Å². The number of hydrogen-bond donors (Lipinski definition) is 2. The molecule has 11 nitrogen and oxygen atoms in total. The standard InChI is InChI=1S/C24H23N7O4S/c1-5-16(21(32)29-20-14(10-25)11-27-30(20)3)31-12-26-23-18(24(31)34)13(2)19(36-23)22(33)28-15-8-6-7-9-17(15)35-4/h6-9,11-12,16H,5H2,1-4H3,(H,28,33)(H,29,32). The van der Waals surface area contributed by atoms with Crippen molar-refractivity contribution in [2.45, 2.75) is 26.3 Å². The van der Waals surface area contributed by atoms with Crippen LogP contribution in [0, 0.1) is 18.3 Å². The maximum atomic E-state index is 13.5. The zero-order valence-electron chi connectivity index (χ0n) is 20.0. The first kappa shape index (κ1) is 24.6. The van der Waals surface area contributed by atoms with Crippen LogP contribution in [-0.2, 0) is 11.8 Å². The van der Waals surface area contributed by atoms with E-state index in [-0.39, 0.29) is 16.8 Å². The number of carbonyl (C=O) groups is 2. The number of fused-ring (bicyclic) bond motifs is 1. The number of nitrogens with one attached hydrogen (secondary N) is 2. The van der Waals surface area contributed by atoms with Gasteiger partial charge in [0.05, 0.1) is 35.6 Å². The number of aryl methyl sites for hydroxylation is 2. The van der Waals surface area contributed by atoms with Gasteiger partial charge in [-0.1, -0.05) is 19.1 Å². The Hall–Kier alpha value is -4.50. The lowest BCUT2D eigenvalue weighted by Crippen LogP contribution is -2.33. The molecule has 3 aromatic heterocycles. The predicted molar refractivity (Wildman–Crippen MR) is 135 cm³/mol. The molecule has 0 bridgehead atoms. The molecule has 0 fully saturated rings. The van der Waals surface area contributed by atoms with Crippen LogP contribution < -0.4 is 20.9 Å². The van der Waals surface area contributed by atoms with Crippen molar-refractivity contribution in [3.63, 3.8) is 0 Å². The summed E-state index contributed by atoms with van der Waals surface area (Å²) in [5.74, 6) is -0.126. The molecular formula is C24H23N7O4S. The molecule has 0 aliphatic carbocycles. The largest absolute Gasteiger partial charge is 0.495 e. The second kappa shape index (κ2) is 10.0. The van der Waals surface area contributed by atoms with E-state index in [4.69, 9.17) is 4.74 Å². The summed E-state index contributed by atoms with van der Waals surface area (Å²) in [5.41, 5.74) is 0.753. The van der Waals surface area contributed by atoms with E-state index in [1.807, 2.05) is 6.07 Å². The predicted octanol–water partition coefficient (Wildman–Crippen LogP) is 3.22. The summed E-state index contributed by atoms with van der Waals surface area (Å²) >= 11 is 1.10. The van der Waals surface area contributed by atoms with E-state index in [2.05, 4.69) is 20.7 Å². The molecule has 12 heteroatoms. The molecule has 184 valence electrons. The fourth-order valence-electron chi connectivity index (χ4n) is 3.88. The number of methoxy groups -OCH3 is 1. The number of benzene rings is 1. The molecule has 0 saturated heterocycles. The molecule has 0 aliphatic heterocycles. The van der Waals surface area contributed by atoms with Crippen LogP contribution in [0.5, 0.6) is 5.75 Å². The number of anilines is 2. The van der Waals surface area contributed by atoms with Crippen LogP contribution in [0.4, 0.5) is 11.5 Å². The molecule has 1 unspecified atom stereocenters. The van der Waals surface area contributed by atoms with Crippen molar-refractivity contribution in [2.24, 2.45) is 7.05 Å². The first-order valence-electron chi connectivity index (χ1n) is 11.0. The SMILES string of the molecule is CCC(C(=O)Nc1c(C#N)cnn1C)n1cnc2sc(C(=O)Nc3ccccc3OC)c(C)c2c1=O. The number of ether oxygens (including phenoxy) is 1. The highest BCUT2D eigenvalue weighted by Gasteiger charge is 2.26. The normalized spacial score (nSPS) is 11.6. The van der Waals surface area contributed by atoms with Gasteiger partial charge in [0.15, 0.2) is 0 Å². The van der Waals surface area contributed by atoms with E-state index in [9.17, 15) is 19.6 Å². The van der Waals surface area contributed by atoms with Gasteiger partial charge in [-0.25, -0.2) is 4.98 Å². The number of thiophene rings is 1. The van der Waals surface area contributed by atoms with Gasteiger partial charge < -0.3 is 15.4 Å². The number of hydrogen-bond acceptors (Lipinski definition) is 8. The number of nitriles is 1. The molecule has 1 aromatic carbocycles. The average Bonchev–Trinajstić information content (AvgIpc) is 3.40. The van der Waals surface area contributed by atoms with Gasteiger partial charge >= 0.3 is 0 Å². The number of aromatic nitrogens is 4. The van der Waals surface area contributed by atoms with Crippen LogP contribution in [0.25, 0.3) is 10.2 Å². The third-order valence-electron chi connectivity index (χ3n) is 5.76. The zero-order valence-corrected chi connectivity index (χ0v) is 20.8. The number of nitrogens with zero attached hydrogens (tertiary/aromatic N) is 5. The molecule has 4 aromatic rings. The lowest BCUT2D eigenvalue weighted by atomic mass is 10.1. The fraction of sp³-hybridized carbons (Fsp3) is 0.250. The Bertz CT molecular complexity index is 1580. The Morgan fingerprint density at radius 2 is 2.03 bits per heavy atom. The van der Waals surface area contributed by atoms with E-state index in [0.29, 0.717) is 33.1 Å². The minimum Gasteiger partial charge on any atom is -0.495 e. The van der Waals surface area contributed by atoms with E-state index in [0.717, 1.165) is 11.3 Å². The fourth-order valence-corrected chi connectivity index (χ4v) is 4.91. The number of para-hydroxylation sites is 2. The molecule has 36 heavy (non-hydrogen) atoms. The molecule has 2 amide bonds.